The van der Waals surface area contributed by atoms with E-state index in [1.54, 1.807) is 0 Å². The van der Waals surface area contributed by atoms with Gasteiger partial charge in [0, 0.05) is 13.2 Å². The van der Waals surface area contributed by atoms with Gasteiger partial charge in [-0.05, 0) is 25.9 Å². The lowest BCUT2D eigenvalue weighted by atomic mass is 10.0. The van der Waals surface area contributed by atoms with Crippen molar-refractivity contribution in [1.82, 2.24) is 0 Å². The van der Waals surface area contributed by atoms with E-state index in [4.69, 9.17) is 8.85 Å². The van der Waals surface area contributed by atoms with E-state index in [-0.39, 0.29) is 0 Å². The van der Waals surface area contributed by atoms with Crippen LogP contribution in [0.4, 0.5) is 0 Å². The summed E-state index contributed by atoms with van der Waals surface area (Å²) in [6, 6.07) is 0. The van der Waals surface area contributed by atoms with Gasteiger partial charge in [0.25, 0.3) is 0 Å². The Balaban J connectivity index is 3.25. The predicted octanol–water partition coefficient (Wildman–Crippen LogP) is 10.3. The monoisotopic (exact) mass is 456 g/mol. The first-order valence-corrected chi connectivity index (χ1v) is 17.2. The van der Waals surface area contributed by atoms with Crippen LogP contribution in [0, 0.1) is 0 Å². The maximum atomic E-state index is 6.12. The largest absolute Gasteiger partial charge is 0.395 e. The lowest BCUT2D eigenvalue weighted by Gasteiger charge is -2.23. The summed E-state index contributed by atoms with van der Waals surface area (Å²) in [5, 5.41) is 0. The molecule has 0 aliphatic rings. The molecule has 0 saturated heterocycles. The van der Waals surface area contributed by atoms with Crippen molar-refractivity contribution in [3.05, 3.63) is 0 Å². The standard InChI is InChI=1S/C28H60O2Si/c1-5-7-9-11-13-14-15-16-17-18-19-20-22-24-26-28-30-31(3,4)29-27-25-23-21-12-10-8-6-2/h5-28H2,1-4H3. The first-order valence-electron chi connectivity index (χ1n) is 14.4. The van der Waals surface area contributed by atoms with E-state index in [1.807, 2.05) is 0 Å². The Bertz CT molecular complexity index is 333. The minimum atomic E-state index is -1.89. The molecule has 0 saturated carbocycles. The van der Waals surface area contributed by atoms with Gasteiger partial charge < -0.3 is 8.85 Å². The van der Waals surface area contributed by atoms with Crippen LogP contribution in [-0.4, -0.2) is 21.8 Å². The average molecular weight is 457 g/mol. The van der Waals surface area contributed by atoms with Crippen LogP contribution < -0.4 is 0 Å². The van der Waals surface area contributed by atoms with Crippen LogP contribution in [0.3, 0.4) is 0 Å². The molecule has 0 radical (unpaired) electrons. The molecule has 0 fully saturated rings. The van der Waals surface area contributed by atoms with Crippen molar-refractivity contribution in [3.63, 3.8) is 0 Å². The summed E-state index contributed by atoms with van der Waals surface area (Å²) in [4.78, 5) is 0. The third kappa shape index (κ3) is 26.3. The fraction of sp³-hybridized carbons (Fsp3) is 1.00. The molecule has 0 atom stereocenters. The first-order chi connectivity index (χ1) is 15.1. The van der Waals surface area contributed by atoms with Gasteiger partial charge in [-0.25, -0.2) is 0 Å². The van der Waals surface area contributed by atoms with Crippen molar-refractivity contribution in [2.45, 2.75) is 168 Å². The molecule has 0 aromatic heterocycles. The first kappa shape index (κ1) is 31.1. The summed E-state index contributed by atoms with van der Waals surface area (Å²) in [7, 11) is -1.89. The number of rotatable bonds is 26. The van der Waals surface area contributed by atoms with E-state index in [0.717, 1.165) is 13.2 Å². The summed E-state index contributed by atoms with van der Waals surface area (Å²) < 4.78 is 12.2. The van der Waals surface area contributed by atoms with Crippen LogP contribution in [0.15, 0.2) is 0 Å². The molecular weight excluding hydrogens is 396 g/mol. The molecule has 0 bridgehead atoms. The summed E-state index contributed by atoms with van der Waals surface area (Å²) in [5.41, 5.74) is 0. The Labute approximate surface area is 198 Å². The van der Waals surface area contributed by atoms with E-state index in [9.17, 15) is 0 Å². The molecule has 188 valence electrons. The summed E-state index contributed by atoms with van der Waals surface area (Å²) >= 11 is 0. The Morgan fingerprint density at radius 2 is 0.581 bits per heavy atom. The lowest BCUT2D eigenvalue weighted by molar-refractivity contribution is 0.172. The van der Waals surface area contributed by atoms with Crippen LogP contribution in [0.5, 0.6) is 0 Å². The summed E-state index contributed by atoms with van der Waals surface area (Å²) in [6.07, 6.45) is 30.6. The van der Waals surface area contributed by atoms with Gasteiger partial charge in [-0.15, -0.1) is 0 Å². The number of unbranched alkanes of at least 4 members (excludes halogenated alkanes) is 20. The van der Waals surface area contributed by atoms with Gasteiger partial charge in [-0.1, -0.05) is 142 Å². The van der Waals surface area contributed by atoms with Crippen LogP contribution in [0.25, 0.3) is 0 Å². The van der Waals surface area contributed by atoms with Crippen LogP contribution in [0.2, 0.25) is 13.1 Å². The zero-order valence-corrected chi connectivity index (χ0v) is 23.3. The second kappa shape index (κ2) is 24.8. The van der Waals surface area contributed by atoms with Crippen molar-refractivity contribution >= 4 is 8.56 Å². The van der Waals surface area contributed by atoms with Crippen LogP contribution in [0.1, 0.15) is 155 Å². The Kier molecular flexibility index (Phi) is 24.9. The number of hydrogen-bond acceptors (Lipinski definition) is 2. The van der Waals surface area contributed by atoms with Gasteiger partial charge >= 0.3 is 8.56 Å². The van der Waals surface area contributed by atoms with Crippen molar-refractivity contribution in [3.8, 4) is 0 Å². The highest BCUT2D eigenvalue weighted by atomic mass is 28.4. The topological polar surface area (TPSA) is 18.5 Å². The Morgan fingerprint density at radius 1 is 0.355 bits per heavy atom. The molecule has 0 spiro atoms. The molecule has 0 aromatic carbocycles. The molecule has 3 heteroatoms. The van der Waals surface area contributed by atoms with E-state index in [2.05, 4.69) is 26.9 Å². The lowest BCUT2D eigenvalue weighted by Crippen LogP contribution is -2.35. The second-order valence-electron chi connectivity index (χ2n) is 10.2. The molecule has 0 rings (SSSR count). The molecule has 0 aliphatic heterocycles. The highest BCUT2D eigenvalue weighted by molar-refractivity contribution is 6.64. The summed E-state index contributed by atoms with van der Waals surface area (Å²) in [5.74, 6) is 0. The predicted molar refractivity (Wildman–Crippen MR) is 142 cm³/mol. The average Bonchev–Trinajstić information content (AvgIpc) is 2.75. The molecular formula is C28H60O2Si. The van der Waals surface area contributed by atoms with Crippen LogP contribution >= 0.6 is 0 Å². The summed E-state index contributed by atoms with van der Waals surface area (Å²) in [6.45, 7) is 10.8. The van der Waals surface area contributed by atoms with Crippen molar-refractivity contribution in [1.29, 1.82) is 0 Å². The van der Waals surface area contributed by atoms with Gasteiger partial charge in [0.1, 0.15) is 0 Å². The highest BCUT2D eigenvalue weighted by Gasteiger charge is 2.23. The highest BCUT2D eigenvalue weighted by Crippen LogP contribution is 2.15. The maximum absolute atomic E-state index is 6.12. The molecule has 31 heavy (non-hydrogen) atoms. The Hall–Kier alpha value is 0.137. The Morgan fingerprint density at radius 3 is 0.839 bits per heavy atom. The normalized spacial score (nSPS) is 12.0. The van der Waals surface area contributed by atoms with Gasteiger partial charge in [0.2, 0.25) is 0 Å². The van der Waals surface area contributed by atoms with E-state index >= 15 is 0 Å². The van der Waals surface area contributed by atoms with Gasteiger partial charge in [-0.2, -0.15) is 0 Å². The number of hydrogen-bond donors (Lipinski definition) is 0. The zero-order chi connectivity index (χ0) is 22.9. The SMILES string of the molecule is CCCCCCCCCCCCCCCCCO[Si](C)(C)OCCCCCCCCC. The molecule has 0 N–H and O–H groups in total. The second-order valence-corrected chi connectivity index (χ2v) is 13.5. The van der Waals surface area contributed by atoms with Crippen LogP contribution in [-0.2, 0) is 8.85 Å². The molecule has 0 unspecified atom stereocenters. The van der Waals surface area contributed by atoms with E-state index in [1.165, 1.54) is 141 Å². The molecule has 0 amide bonds. The van der Waals surface area contributed by atoms with Gasteiger partial charge in [0.15, 0.2) is 0 Å². The molecule has 0 heterocycles. The van der Waals surface area contributed by atoms with Crippen molar-refractivity contribution < 1.29 is 8.85 Å². The molecule has 0 aliphatic carbocycles. The zero-order valence-electron chi connectivity index (χ0n) is 22.3. The van der Waals surface area contributed by atoms with Crippen molar-refractivity contribution in [2.75, 3.05) is 13.2 Å². The van der Waals surface area contributed by atoms with Gasteiger partial charge in [-0.3, -0.25) is 0 Å². The minimum absolute atomic E-state index is 0.895. The minimum Gasteiger partial charge on any atom is -0.395 e. The van der Waals surface area contributed by atoms with E-state index in [0.29, 0.717) is 0 Å². The fourth-order valence-electron chi connectivity index (χ4n) is 4.21. The van der Waals surface area contributed by atoms with Crippen molar-refractivity contribution in [2.24, 2.45) is 0 Å². The third-order valence-corrected chi connectivity index (χ3v) is 8.19. The fourth-order valence-corrected chi connectivity index (χ4v) is 5.57. The molecule has 2 nitrogen and oxygen atoms in total. The smallest absolute Gasteiger partial charge is 0.331 e. The molecule has 0 aromatic rings. The van der Waals surface area contributed by atoms with E-state index < -0.39 is 8.56 Å². The quantitative estimate of drug-likeness (QED) is 0.0951. The maximum Gasteiger partial charge on any atom is 0.331 e. The third-order valence-electron chi connectivity index (χ3n) is 6.40. The van der Waals surface area contributed by atoms with Gasteiger partial charge in [0.05, 0.1) is 0 Å².